The molecular formula is C70H99N3O42. The van der Waals surface area contributed by atoms with Crippen molar-refractivity contribution < 1.29 is 200 Å². The molecule has 0 aromatic rings. The molecule has 25 atom stereocenters. The number of carbonyl (C=O) groups excluding carboxylic acids is 16. The third-order valence-corrected chi connectivity index (χ3v) is 16.7. The maximum atomic E-state index is 14.0. The predicted octanol–water partition coefficient (Wildman–Crippen LogP) is 0.883. The average Bonchev–Trinajstić information content (AvgIpc) is 0.755. The van der Waals surface area contributed by atoms with Crippen molar-refractivity contribution in [2.75, 3.05) is 46.2 Å². The van der Waals surface area contributed by atoms with E-state index in [-0.39, 0.29) is 13.2 Å². The van der Waals surface area contributed by atoms with Crippen molar-refractivity contribution in [1.29, 1.82) is 0 Å². The summed E-state index contributed by atoms with van der Waals surface area (Å²) in [7, 11) is 0. The summed E-state index contributed by atoms with van der Waals surface area (Å²) in [4.78, 5) is 214. The molecule has 5 saturated heterocycles. The van der Waals surface area contributed by atoms with Crippen molar-refractivity contribution in [3.8, 4) is 0 Å². The summed E-state index contributed by atoms with van der Waals surface area (Å²) < 4.78 is 156. The highest BCUT2D eigenvalue weighted by molar-refractivity contribution is 5.72. The van der Waals surface area contributed by atoms with Gasteiger partial charge in [-0.15, -0.1) is 0 Å². The molecule has 5 heterocycles. The Morgan fingerprint density at radius 3 is 0.696 bits per heavy atom. The lowest BCUT2D eigenvalue weighted by Crippen LogP contribution is -2.70. The fourth-order valence-corrected chi connectivity index (χ4v) is 12.7. The Morgan fingerprint density at radius 1 is 0.243 bits per heavy atom. The molecule has 5 aliphatic rings. The molecule has 0 bridgehead atoms. The second-order valence-electron chi connectivity index (χ2n) is 26.4. The minimum absolute atomic E-state index is 0.172. The molecule has 0 aromatic heterocycles. The van der Waals surface area contributed by atoms with Crippen molar-refractivity contribution in [3.63, 3.8) is 0 Å². The topological polar surface area (TPSA) is 562 Å². The van der Waals surface area contributed by atoms with E-state index >= 15 is 0 Å². The minimum Gasteiger partial charge on any atom is -0.463 e. The number of rotatable bonds is 39. The summed E-state index contributed by atoms with van der Waals surface area (Å²) in [5.74, 6) is -17.5. The van der Waals surface area contributed by atoms with E-state index in [4.69, 9.17) is 129 Å². The summed E-state index contributed by atoms with van der Waals surface area (Å²) in [5, 5.41) is 3.54. The highest BCUT2D eigenvalue weighted by Gasteiger charge is 2.63. The fourth-order valence-electron chi connectivity index (χ4n) is 12.7. The first-order valence-corrected chi connectivity index (χ1v) is 36.3. The van der Waals surface area contributed by atoms with Gasteiger partial charge in [-0.25, -0.2) is 0 Å². The van der Waals surface area contributed by atoms with E-state index in [1.165, 1.54) is 0 Å². The number of esters is 16. The Labute approximate surface area is 658 Å². The molecule has 0 saturated carbocycles. The number of ether oxygens (including phenoxy) is 26. The van der Waals surface area contributed by atoms with Crippen molar-refractivity contribution in [1.82, 2.24) is 0 Å². The lowest BCUT2D eigenvalue weighted by atomic mass is 9.94. The van der Waals surface area contributed by atoms with Gasteiger partial charge >= 0.3 is 95.5 Å². The molecule has 646 valence electrons. The largest absolute Gasteiger partial charge is 0.463 e. The van der Waals surface area contributed by atoms with E-state index in [1.54, 1.807) is 0 Å². The molecule has 0 spiro atoms. The normalized spacial score (nSPS) is 30.8. The quantitative estimate of drug-likeness (QED) is 0.0206. The second-order valence-corrected chi connectivity index (χ2v) is 26.4. The Hall–Kier alpha value is -9.57. The van der Waals surface area contributed by atoms with Crippen LogP contribution in [0, 0.1) is 0 Å². The molecular weight excluding hydrogens is 1550 g/mol. The van der Waals surface area contributed by atoms with E-state index in [9.17, 15) is 76.7 Å². The van der Waals surface area contributed by atoms with Crippen LogP contribution in [-0.4, -0.2) is 295 Å². The van der Waals surface area contributed by atoms with Crippen LogP contribution in [0.15, 0.2) is 5.11 Å². The van der Waals surface area contributed by atoms with Crippen LogP contribution in [0.2, 0.25) is 0 Å². The maximum Gasteiger partial charge on any atom is 0.303 e. The summed E-state index contributed by atoms with van der Waals surface area (Å²) in [6.45, 7) is 10.4. The predicted molar refractivity (Wildman–Crippen MR) is 365 cm³/mol. The smallest absolute Gasteiger partial charge is 0.303 e. The van der Waals surface area contributed by atoms with Crippen molar-refractivity contribution in [3.05, 3.63) is 10.4 Å². The van der Waals surface area contributed by atoms with Crippen LogP contribution < -0.4 is 0 Å². The van der Waals surface area contributed by atoms with Crippen LogP contribution in [0.25, 0.3) is 10.4 Å². The zero-order valence-electron chi connectivity index (χ0n) is 66.1. The molecule has 45 heteroatoms. The number of carbonyl (C=O) groups is 16. The van der Waals surface area contributed by atoms with E-state index in [0.29, 0.717) is 38.5 Å². The monoisotopic (exact) mass is 1650 g/mol. The minimum atomic E-state index is -2.45. The summed E-state index contributed by atoms with van der Waals surface area (Å²) >= 11 is 0. The summed E-state index contributed by atoms with van der Waals surface area (Å²) in [6, 6.07) is 0. The van der Waals surface area contributed by atoms with Crippen LogP contribution in [-0.2, 0) is 200 Å². The number of azide groups is 1. The van der Waals surface area contributed by atoms with E-state index in [0.717, 1.165) is 111 Å². The summed E-state index contributed by atoms with van der Waals surface area (Å²) in [5.41, 5.74) is 8.69. The van der Waals surface area contributed by atoms with Crippen molar-refractivity contribution in [2.24, 2.45) is 5.11 Å². The van der Waals surface area contributed by atoms with E-state index in [1.807, 2.05) is 0 Å². The molecule has 5 fully saturated rings. The van der Waals surface area contributed by atoms with Crippen LogP contribution in [0.4, 0.5) is 0 Å². The van der Waals surface area contributed by atoms with Gasteiger partial charge in [0.25, 0.3) is 0 Å². The van der Waals surface area contributed by atoms with Gasteiger partial charge in [-0.2, -0.15) is 0 Å². The Kier molecular flexibility index (Phi) is 39.1. The van der Waals surface area contributed by atoms with Gasteiger partial charge in [-0.1, -0.05) is 30.8 Å². The van der Waals surface area contributed by atoms with Gasteiger partial charge in [0.15, 0.2) is 105 Å². The highest BCUT2D eigenvalue weighted by Crippen LogP contribution is 2.42. The van der Waals surface area contributed by atoms with Gasteiger partial charge in [0, 0.05) is 129 Å². The van der Waals surface area contributed by atoms with E-state index < -0.39 is 282 Å². The van der Waals surface area contributed by atoms with Crippen LogP contribution in [0.1, 0.15) is 149 Å². The second kappa shape index (κ2) is 46.8. The lowest BCUT2D eigenvalue weighted by molar-refractivity contribution is -0.397. The van der Waals surface area contributed by atoms with Gasteiger partial charge in [-0.3, -0.25) is 76.7 Å². The zero-order valence-corrected chi connectivity index (χ0v) is 66.1. The number of hydrogen-bond donors (Lipinski definition) is 0. The first-order chi connectivity index (χ1) is 54.2. The third-order valence-electron chi connectivity index (χ3n) is 16.7. The molecule has 45 nitrogen and oxygen atoms in total. The number of nitrogens with zero attached hydrogens (tertiary/aromatic N) is 3. The Morgan fingerprint density at radius 2 is 0.443 bits per heavy atom. The molecule has 0 aliphatic carbocycles. The van der Waals surface area contributed by atoms with Gasteiger partial charge in [0.05, 0.1) is 0 Å². The van der Waals surface area contributed by atoms with Crippen molar-refractivity contribution in [2.45, 2.75) is 303 Å². The van der Waals surface area contributed by atoms with Crippen LogP contribution in [0.5, 0.6) is 0 Å². The Balaban J connectivity index is 1.84. The van der Waals surface area contributed by atoms with Gasteiger partial charge in [0.1, 0.15) is 81.9 Å². The zero-order chi connectivity index (χ0) is 85.7. The molecule has 0 N–H and O–H groups in total. The molecule has 0 unspecified atom stereocenters. The van der Waals surface area contributed by atoms with Gasteiger partial charge < -0.3 is 123 Å². The molecule has 5 rings (SSSR count). The van der Waals surface area contributed by atoms with Gasteiger partial charge in [-0.05, 0) is 18.4 Å². The fraction of sp³-hybridized carbons (Fsp3) is 0.771. The summed E-state index contributed by atoms with van der Waals surface area (Å²) in [6.07, 6.45) is -48.4. The standard InChI is InChI=1S/C70H99N3O42/c1-30(74)91-25-46-51(96-35(6)79)56(101-40(11)84)61(66(107-46)90-24-22-20-18-17-19-21-23-72-73-71)115-70-65(106-45(16)89)60(55(100-39(10)83)50(111-70)29-95-34(5)78)114-69-64(105-44(15)88)59(54(99-38(9)82)49(110-69)28-94-33(4)77)113-68-63(104-43(14)87)58(53(98-37(8)81)48(109-68)27-93-32(3)76)112-67-62(103-42(13)86)57(102-41(12)85)52(97-36(7)80)47(108-67)26-92-31(2)75/h46-70H,17-29H2,1-16H3/t46-,47-,48-,49-,50-,51-,52-,53-,54-,55-,56+,57+,58+,59+,60+,61+,62+,63+,64+,65+,66+,67-,68-,69-,70-/m1/s1. The molecule has 0 radical (unpaired) electrons. The van der Waals surface area contributed by atoms with E-state index in [2.05, 4.69) is 10.0 Å². The number of unbranched alkanes of at least 4 members (excludes halogenated alkanes) is 5. The number of hydrogen-bond acceptors (Lipinski definition) is 43. The van der Waals surface area contributed by atoms with Crippen LogP contribution in [0.3, 0.4) is 0 Å². The maximum absolute atomic E-state index is 14.0. The molecule has 5 aliphatic heterocycles. The first kappa shape index (κ1) is 96.0. The third kappa shape index (κ3) is 31.2. The molecule has 115 heavy (non-hydrogen) atoms. The first-order valence-electron chi connectivity index (χ1n) is 36.3. The average molecular weight is 1650 g/mol. The molecule has 0 amide bonds. The van der Waals surface area contributed by atoms with Gasteiger partial charge in [0.2, 0.25) is 0 Å². The van der Waals surface area contributed by atoms with Crippen LogP contribution >= 0.6 is 0 Å². The molecule has 0 aromatic carbocycles. The Bertz CT molecular complexity index is 3440. The lowest BCUT2D eigenvalue weighted by Gasteiger charge is -2.51. The highest BCUT2D eigenvalue weighted by atomic mass is 16.8. The van der Waals surface area contributed by atoms with Crippen molar-refractivity contribution >= 4 is 95.5 Å². The SMILES string of the molecule is CC(=O)OC[C@H]1O[C@H](O[C@@H]2[C@H](OC(C)=O)[C@@H](O[C@@H]3[C@H](OC(C)=O)[C@@H](O[C@@H]4[C@H](OC(C)=O)[C@@H](O[C@@H]5[C@@H](OCCCCCCCCN=[N+]=[N-])O[C@H](COC(C)=O)[C@@H](OC(C)=O)[C@@H]5OC(C)=O)O[C@H](COC(C)=O)[C@H]4OC(C)=O)O[C@H](COC(C)=O)[C@H]3OC(C)=O)O[C@H](COC(C)=O)[C@H]2OC(C)=O)[C@@H](OC(C)=O)[C@@H](OC(C)=O)[C@@H]1OC(C)=O.